The lowest BCUT2D eigenvalue weighted by atomic mass is 10.1. The van der Waals surface area contributed by atoms with Gasteiger partial charge >= 0.3 is 6.01 Å². The van der Waals surface area contributed by atoms with E-state index < -0.39 is 0 Å². The van der Waals surface area contributed by atoms with Crippen LogP contribution >= 0.6 is 0 Å². The summed E-state index contributed by atoms with van der Waals surface area (Å²) in [7, 11) is 3.87. The molecule has 3 aromatic rings. The van der Waals surface area contributed by atoms with Crippen molar-refractivity contribution in [2.24, 2.45) is 0 Å². The molecule has 0 saturated carbocycles. The standard InChI is InChI=1S/C19H18N4O2/c1-23(2)16-8-3-6-14(12-16)18(24)22-15-7-4-9-17(13-15)25-19-20-10-5-11-21-19/h3-13H,1-2H3,(H,22,24). The summed E-state index contributed by atoms with van der Waals surface area (Å²) in [5.74, 6) is 0.364. The van der Waals surface area contributed by atoms with E-state index in [1.54, 1.807) is 48.8 Å². The highest BCUT2D eigenvalue weighted by atomic mass is 16.5. The minimum atomic E-state index is -0.184. The van der Waals surface area contributed by atoms with Crippen molar-refractivity contribution >= 4 is 17.3 Å². The van der Waals surface area contributed by atoms with Crippen LogP contribution in [-0.2, 0) is 0 Å². The number of carbonyl (C=O) groups is 1. The normalized spacial score (nSPS) is 10.2. The molecule has 6 nitrogen and oxygen atoms in total. The largest absolute Gasteiger partial charge is 0.424 e. The minimum Gasteiger partial charge on any atom is -0.424 e. The van der Waals surface area contributed by atoms with Crippen LogP contribution in [0.25, 0.3) is 0 Å². The van der Waals surface area contributed by atoms with Crippen molar-refractivity contribution in [3.05, 3.63) is 72.6 Å². The van der Waals surface area contributed by atoms with Gasteiger partial charge in [0.05, 0.1) is 0 Å². The molecule has 0 fully saturated rings. The van der Waals surface area contributed by atoms with Gasteiger partial charge in [-0.1, -0.05) is 12.1 Å². The molecule has 0 aliphatic heterocycles. The molecule has 0 atom stereocenters. The smallest absolute Gasteiger partial charge is 0.321 e. The zero-order valence-electron chi connectivity index (χ0n) is 14.0. The third kappa shape index (κ3) is 4.32. The molecule has 0 aliphatic rings. The van der Waals surface area contributed by atoms with Crippen LogP contribution in [-0.4, -0.2) is 30.0 Å². The summed E-state index contributed by atoms with van der Waals surface area (Å²) in [6.45, 7) is 0. The minimum absolute atomic E-state index is 0.184. The van der Waals surface area contributed by atoms with Gasteiger partial charge in [0.2, 0.25) is 0 Å². The van der Waals surface area contributed by atoms with Crippen molar-refractivity contribution in [3.8, 4) is 11.8 Å². The Morgan fingerprint density at radius 2 is 1.76 bits per heavy atom. The Bertz CT molecular complexity index is 866. The number of hydrogen-bond acceptors (Lipinski definition) is 5. The topological polar surface area (TPSA) is 67.4 Å². The highest BCUT2D eigenvalue weighted by molar-refractivity contribution is 6.04. The van der Waals surface area contributed by atoms with Crippen molar-refractivity contribution < 1.29 is 9.53 Å². The maximum atomic E-state index is 12.5. The van der Waals surface area contributed by atoms with Crippen molar-refractivity contribution in [1.82, 2.24) is 9.97 Å². The molecule has 25 heavy (non-hydrogen) atoms. The second-order valence-electron chi connectivity index (χ2n) is 5.56. The van der Waals surface area contributed by atoms with Crippen LogP contribution in [0.3, 0.4) is 0 Å². The van der Waals surface area contributed by atoms with Gasteiger partial charge in [-0.3, -0.25) is 4.79 Å². The molecule has 0 aliphatic carbocycles. The van der Waals surface area contributed by atoms with E-state index in [2.05, 4.69) is 15.3 Å². The molecule has 0 spiro atoms. The number of aromatic nitrogens is 2. The molecular formula is C19H18N4O2. The van der Waals surface area contributed by atoms with E-state index in [4.69, 9.17) is 4.74 Å². The monoisotopic (exact) mass is 334 g/mol. The predicted octanol–water partition coefficient (Wildman–Crippen LogP) is 3.59. The number of amides is 1. The highest BCUT2D eigenvalue weighted by Gasteiger charge is 2.08. The Labute approximate surface area is 146 Å². The van der Waals surface area contributed by atoms with E-state index >= 15 is 0 Å². The molecule has 1 aromatic heterocycles. The average molecular weight is 334 g/mol. The van der Waals surface area contributed by atoms with Crippen LogP contribution in [0.5, 0.6) is 11.8 Å². The summed E-state index contributed by atoms with van der Waals surface area (Å²) < 4.78 is 5.58. The van der Waals surface area contributed by atoms with Crippen LogP contribution in [0.4, 0.5) is 11.4 Å². The van der Waals surface area contributed by atoms with Crippen LogP contribution in [0, 0.1) is 0 Å². The van der Waals surface area contributed by atoms with Crippen molar-refractivity contribution in [2.75, 3.05) is 24.3 Å². The summed E-state index contributed by atoms with van der Waals surface area (Å²) in [4.78, 5) is 22.4. The van der Waals surface area contributed by atoms with Gasteiger partial charge in [-0.15, -0.1) is 0 Å². The SMILES string of the molecule is CN(C)c1cccc(C(=O)Nc2cccc(Oc3ncccn3)c2)c1. The maximum Gasteiger partial charge on any atom is 0.321 e. The Morgan fingerprint density at radius 3 is 2.52 bits per heavy atom. The van der Waals surface area contributed by atoms with Crippen LogP contribution in [0.1, 0.15) is 10.4 Å². The molecular weight excluding hydrogens is 316 g/mol. The first-order valence-electron chi connectivity index (χ1n) is 7.75. The summed E-state index contributed by atoms with van der Waals surface area (Å²) in [6, 6.07) is 16.5. The van der Waals surface area contributed by atoms with Crippen LogP contribution < -0.4 is 15.0 Å². The van der Waals surface area contributed by atoms with E-state index in [0.717, 1.165) is 5.69 Å². The fourth-order valence-corrected chi connectivity index (χ4v) is 2.21. The third-order valence-corrected chi connectivity index (χ3v) is 3.47. The van der Waals surface area contributed by atoms with Crippen molar-refractivity contribution in [2.45, 2.75) is 0 Å². The average Bonchev–Trinajstić information content (AvgIpc) is 2.63. The van der Waals surface area contributed by atoms with Crippen molar-refractivity contribution in [1.29, 1.82) is 0 Å². The first-order valence-corrected chi connectivity index (χ1v) is 7.75. The molecule has 0 radical (unpaired) electrons. The van der Waals surface area contributed by atoms with Gasteiger partial charge < -0.3 is 15.0 Å². The third-order valence-electron chi connectivity index (χ3n) is 3.47. The van der Waals surface area contributed by atoms with Gasteiger partial charge in [0.15, 0.2) is 0 Å². The van der Waals surface area contributed by atoms with E-state index in [-0.39, 0.29) is 11.9 Å². The lowest BCUT2D eigenvalue weighted by molar-refractivity contribution is 0.102. The molecule has 126 valence electrons. The number of rotatable bonds is 5. The molecule has 6 heteroatoms. The van der Waals surface area contributed by atoms with E-state index in [1.165, 1.54) is 0 Å². The maximum absolute atomic E-state index is 12.5. The van der Waals surface area contributed by atoms with Gasteiger partial charge in [0, 0.05) is 49.5 Å². The summed E-state index contributed by atoms with van der Waals surface area (Å²) in [5.41, 5.74) is 2.18. The van der Waals surface area contributed by atoms with Gasteiger partial charge in [-0.2, -0.15) is 0 Å². The zero-order valence-corrected chi connectivity index (χ0v) is 14.0. The number of hydrogen-bond donors (Lipinski definition) is 1. The zero-order chi connectivity index (χ0) is 17.6. The Balaban J connectivity index is 1.73. The number of benzene rings is 2. The van der Waals surface area contributed by atoms with Gasteiger partial charge in [0.1, 0.15) is 5.75 Å². The summed E-state index contributed by atoms with van der Waals surface area (Å²) in [5, 5.41) is 2.87. The lowest BCUT2D eigenvalue weighted by Crippen LogP contribution is -2.14. The second-order valence-corrected chi connectivity index (χ2v) is 5.56. The van der Waals surface area contributed by atoms with Crippen LogP contribution in [0.2, 0.25) is 0 Å². The fourth-order valence-electron chi connectivity index (χ4n) is 2.21. The lowest BCUT2D eigenvalue weighted by Gasteiger charge is -2.13. The number of nitrogens with one attached hydrogen (secondary N) is 1. The molecule has 0 unspecified atom stereocenters. The first-order chi connectivity index (χ1) is 12.1. The number of ether oxygens (including phenoxy) is 1. The predicted molar refractivity (Wildman–Crippen MR) is 97.3 cm³/mol. The molecule has 2 aromatic carbocycles. The molecule has 1 N–H and O–H groups in total. The summed E-state index contributed by atoms with van der Waals surface area (Å²) >= 11 is 0. The molecule has 1 heterocycles. The van der Waals surface area contributed by atoms with E-state index in [0.29, 0.717) is 17.0 Å². The Kier molecular flexibility index (Phi) is 4.89. The summed E-state index contributed by atoms with van der Waals surface area (Å²) in [6.07, 6.45) is 3.21. The second kappa shape index (κ2) is 7.44. The number of anilines is 2. The van der Waals surface area contributed by atoms with Crippen molar-refractivity contribution in [3.63, 3.8) is 0 Å². The highest BCUT2D eigenvalue weighted by Crippen LogP contribution is 2.22. The van der Waals surface area contributed by atoms with E-state index in [1.807, 2.05) is 37.2 Å². The molecule has 1 amide bonds. The first kappa shape index (κ1) is 16.4. The number of nitrogens with zero attached hydrogens (tertiary/aromatic N) is 3. The molecule has 0 bridgehead atoms. The van der Waals surface area contributed by atoms with Gasteiger partial charge in [-0.25, -0.2) is 9.97 Å². The van der Waals surface area contributed by atoms with Gasteiger partial charge in [0.25, 0.3) is 5.91 Å². The van der Waals surface area contributed by atoms with Gasteiger partial charge in [-0.05, 0) is 36.4 Å². The quantitative estimate of drug-likeness (QED) is 0.772. The van der Waals surface area contributed by atoms with Crippen LogP contribution in [0.15, 0.2) is 67.0 Å². The van der Waals surface area contributed by atoms with E-state index in [9.17, 15) is 4.79 Å². The Morgan fingerprint density at radius 1 is 1.00 bits per heavy atom. The number of carbonyl (C=O) groups excluding carboxylic acids is 1. The Hall–Kier alpha value is -3.41. The fraction of sp³-hybridized carbons (Fsp3) is 0.105. The molecule has 3 rings (SSSR count). The molecule has 0 saturated heterocycles.